The lowest BCUT2D eigenvalue weighted by Crippen LogP contribution is -2.46. The first-order chi connectivity index (χ1) is 8.15. The van der Waals surface area contributed by atoms with Gasteiger partial charge in [-0.15, -0.1) is 0 Å². The van der Waals surface area contributed by atoms with E-state index in [0.29, 0.717) is 0 Å². The van der Waals surface area contributed by atoms with Crippen LogP contribution in [0.4, 0.5) is 0 Å². The molecule has 1 rings (SSSR count). The van der Waals surface area contributed by atoms with Gasteiger partial charge in [0, 0.05) is 45.5 Å². The molecule has 98 valence electrons. The number of hydrogen-bond acceptors (Lipinski definition) is 3. The topological polar surface area (TPSA) is 18.5 Å². The Hall–Kier alpha value is -0.800. The summed E-state index contributed by atoms with van der Waals surface area (Å²) in [4.78, 5) is 5.06. The van der Waals surface area contributed by atoms with E-state index in [1.165, 1.54) is 44.0 Å². The minimum Gasteiger partial charge on any atom is -0.392 e. The normalized spacial score (nSPS) is 20.7. The molecule has 1 saturated heterocycles. The predicted octanol–water partition coefficient (Wildman–Crippen LogP) is 1.69. The molecule has 0 atom stereocenters. The molecule has 0 saturated carbocycles. The lowest BCUT2D eigenvalue weighted by Gasteiger charge is -2.34. The fourth-order valence-electron chi connectivity index (χ4n) is 2.02. The van der Waals surface area contributed by atoms with Gasteiger partial charge in [0.1, 0.15) is 0 Å². The number of piperazine rings is 1. The maximum atomic E-state index is 3.13. The van der Waals surface area contributed by atoms with Crippen LogP contribution in [0.25, 0.3) is 0 Å². The average molecular weight is 237 g/mol. The summed E-state index contributed by atoms with van der Waals surface area (Å²) in [5.74, 6) is 0. The van der Waals surface area contributed by atoms with Crippen molar-refractivity contribution in [2.45, 2.75) is 20.8 Å². The molecular formula is C14H27N3. The summed E-state index contributed by atoms with van der Waals surface area (Å²) in [6.45, 7) is 13.7. The summed E-state index contributed by atoms with van der Waals surface area (Å²) < 4.78 is 0. The standard InChI is InChI=1S/C14H27N3/c1-5-16-8-10-17(11-9-16)12-13(2)6-7-14(3)15-4/h6-7,15H,5,8-12H2,1-4H3/b13-6+,14-7-. The van der Waals surface area contributed by atoms with Crippen LogP contribution in [-0.4, -0.2) is 56.1 Å². The third kappa shape index (κ3) is 5.37. The van der Waals surface area contributed by atoms with Gasteiger partial charge in [0.05, 0.1) is 0 Å². The highest BCUT2D eigenvalue weighted by Crippen LogP contribution is 2.05. The zero-order valence-corrected chi connectivity index (χ0v) is 11.8. The second-order valence-electron chi connectivity index (χ2n) is 4.82. The van der Waals surface area contributed by atoms with Crippen LogP contribution < -0.4 is 5.32 Å². The molecule has 3 nitrogen and oxygen atoms in total. The molecule has 1 fully saturated rings. The molecule has 1 aliphatic heterocycles. The Morgan fingerprint density at radius 3 is 2.18 bits per heavy atom. The van der Waals surface area contributed by atoms with Crippen LogP contribution in [0.15, 0.2) is 23.4 Å². The van der Waals surface area contributed by atoms with Gasteiger partial charge in [-0.2, -0.15) is 0 Å². The van der Waals surface area contributed by atoms with Gasteiger partial charge in [-0.3, -0.25) is 4.90 Å². The molecule has 17 heavy (non-hydrogen) atoms. The summed E-state index contributed by atoms with van der Waals surface area (Å²) in [6, 6.07) is 0. The van der Waals surface area contributed by atoms with E-state index in [1.54, 1.807) is 0 Å². The van der Waals surface area contributed by atoms with Gasteiger partial charge < -0.3 is 10.2 Å². The molecule has 0 aliphatic carbocycles. The van der Waals surface area contributed by atoms with Crippen molar-refractivity contribution in [2.75, 3.05) is 46.3 Å². The maximum absolute atomic E-state index is 3.13. The smallest absolute Gasteiger partial charge is 0.0194 e. The van der Waals surface area contributed by atoms with E-state index < -0.39 is 0 Å². The number of rotatable bonds is 5. The molecule has 1 N–H and O–H groups in total. The van der Waals surface area contributed by atoms with Crippen molar-refractivity contribution in [1.29, 1.82) is 0 Å². The zero-order chi connectivity index (χ0) is 12.7. The number of nitrogens with one attached hydrogen (secondary N) is 1. The first-order valence-corrected chi connectivity index (χ1v) is 6.62. The Kier molecular flexibility index (Phi) is 6.30. The Balaban J connectivity index is 2.35. The van der Waals surface area contributed by atoms with Crippen LogP contribution in [0.2, 0.25) is 0 Å². The summed E-state index contributed by atoms with van der Waals surface area (Å²) in [5, 5.41) is 3.13. The van der Waals surface area contributed by atoms with Crippen LogP contribution in [0, 0.1) is 0 Å². The monoisotopic (exact) mass is 237 g/mol. The number of hydrogen-bond donors (Lipinski definition) is 1. The van der Waals surface area contributed by atoms with E-state index >= 15 is 0 Å². The van der Waals surface area contributed by atoms with E-state index in [0.717, 1.165) is 6.54 Å². The molecule has 1 heterocycles. The van der Waals surface area contributed by atoms with Crippen molar-refractivity contribution < 1.29 is 0 Å². The summed E-state index contributed by atoms with van der Waals surface area (Å²) >= 11 is 0. The Bertz CT molecular complexity index is 273. The van der Waals surface area contributed by atoms with Crippen molar-refractivity contribution in [3.8, 4) is 0 Å². The van der Waals surface area contributed by atoms with E-state index in [2.05, 4.69) is 48.0 Å². The highest BCUT2D eigenvalue weighted by molar-refractivity contribution is 5.15. The largest absolute Gasteiger partial charge is 0.392 e. The minimum absolute atomic E-state index is 1.10. The molecular weight excluding hydrogens is 210 g/mol. The second kappa shape index (κ2) is 7.51. The van der Waals surface area contributed by atoms with Crippen LogP contribution in [0.1, 0.15) is 20.8 Å². The lowest BCUT2D eigenvalue weighted by atomic mass is 10.2. The molecule has 0 aromatic heterocycles. The van der Waals surface area contributed by atoms with E-state index in [9.17, 15) is 0 Å². The van der Waals surface area contributed by atoms with Gasteiger partial charge in [-0.05, 0) is 26.5 Å². The highest BCUT2D eigenvalue weighted by Gasteiger charge is 2.14. The molecule has 1 aliphatic rings. The highest BCUT2D eigenvalue weighted by atomic mass is 15.3. The Morgan fingerprint density at radius 2 is 1.65 bits per heavy atom. The van der Waals surface area contributed by atoms with Crippen molar-refractivity contribution in [3.05, 3.63) is 23.4 Å². The molecule has 0 unspecified atom stereocenters. The van der Waals surface area contributed by atoms with Crippen molar-refractivity contribution in [1.82, 2.24) is 15.1 Å². The third-order valence-electron chi connectivity index (χ3n) is 3.40. The van der Waals surface area contributed by atoms with Crippen molar-refractivity contribution in [3.63, 3.8) is 0 Å². The maximum Gasteiger partial charge on any atom is 0.0194 e. The molecule has 0 bridgehead atoms. The molecule has 0 aromatic rings. The lowest BCUT2D eigenvalue weighted by molar-refractivity contribution is 0.146. The van der Waals surface area contributed by atoms with E-state index in [-0.39, 0.29) is 0 Å². The minimum atomic E-state index is 1.10. The summed E-state index contributed by atoms with van der Waals surface area (Å²) in [5.41, 5.74) is 2.64. The molecule has 0 spiro atoms. The van der Waals surface area contributed by atoms with Crippen LogP contribution in [0.3, 0.4) is 0 Å². The van der Waals surface area contributed by atoms with Gasteiger partial charge in [0.15, 0.2) is 0 Å². The SMILES string of the molecule is CCN1CCN(C/C(C)=C/C=C(/C)NC)CC1. The molecule has 0 radical (unpaired) electrons. The van der Waals surface area contributed by atoms with Crippen LogP contribution in [0.5, 0.6) is 0 Å². The molecule has 0 amide bonds. The first kappa shape index (κ1) is 14.3. The van der Waals surface area contributed by atoms with E-state index in [4.69, 9.17) is 0 Å². The fraction of sp³-hybridized carbons (Fsp3) is 0.714. The number of nitrogens with zero attached hydrogens (tertiary/aromatic N) is 2. The zero-order valence-electron chi connectivity index (χ0n) is 11.8. The van der Waals surface area contributed by atoms with Crippen LogP contribution >= 0.6 is 0 Å². The average Bonchev–Trinajstić information content (AvgIpc) is 2.36. The van der Waals surface area contributed by atoms with Crippen molar-refractivity contribution in [2.24, 2.45) is 0 Å². The van der Waals surface area contributed by atoms with Gasteiger partial charge in [-0.1, -0.05) is 18.6 Å². The number of allylic oxidation sites excluding steroid dienone is 3. The summed E-state index contributed by atoms with van der Waals surface area (Å²) in [6.07, 6.45) is 4.37. The molecule has 0 aromatic carbocycles. The van der Waals surface area contributed by atoms with Gasteiger partial charge >= 0.3 is 0 Å². The van der Waals surface area contributed by atoms with Gasteiger partial charge in [-0.25, -0.2) is 0 Å². The second-order valence-corrected chi connectivity index (χ2v) is 4.82. The Morgan fingerprint density at radius 1 is 1.06 bits per heavy atom. The van der Waals surface area contributed by atoms with Gasteiger partial charge in [0.25, 0.3) is 0 Å². The molecule has 3 heteroatoms. The third-order valence-corrected chi connectivity index (χ3v) is 3.40. The van der Waals surface area contributed by atoms with Crippen LogP contribution in [-0.2, 0) is 0 Å². The first-order valence-electron chi connectivity index (χ1n) is 6.62. The predicted molar refractivity (Wildman–Crippen MR) is 75.1 cm³/mol. The number of likely N-dealkylation sites (N-methyl/N-ethyl adjacent to an activating group) is 1. The summed E-state index contributed by atoms with van der Waals surface area (Å²) in [7, 11) is 1.96. The van der Waals surface area contributed by atoms with E-state index in [1.807, 2.05) is 7.05 Å². The quantitative estimate of drug-likeness (QED) is 0.734. The van der Waals surface area contributed by atoms with Crippen molar-refractivity contribution >= 4 is 0 Å². The van der Waals surface area contributed by atoms with Gasteiger partial charge in [0.2, 0.25) is 0 Å². The Labute approximate surface area is 106 Å². The fourth-order valence-corrected chi connectivity index (χ4v) is 2.02.